The van der Waals surface area contributed by atoms with Crippen LogP contribution in [-0.4, -0.2) is 24.9 Å². The summed E-state index contributed by atoms with van der Waals surface area (Å²) < 4.78 is 3.05. The fourth-order valence-corrected chi connectivity index (χ4v) is 2.65. The Bertz CT molecular complexity index is 776. The minimum atomic E-state index is -0.0990. The number of thioether (sulfide) groups is 1. The van der Waals surface area contributed by atoms with E-state index in [4.69, 9.17) is 0 Å². The SMILES string of the molecule is Cc1ccc(SCCn2nc3ccccn3c2=O)nc1. The van der Waals surface area contributed by atoms with Crippen molar-refractivity contribution in [1.29, 1.82) is 0 Å². The van der Waals surface area contributed by atoms with Gasteiger partial charge in [0.2, 0.25) is 0 Å². The van der Waals surface area contributed by atoms with Crippen LogP contribution in [0.4, 0.5) is 0 Å². The summed E-state index contributed by atoms with van der Waals surface area (Å²) in [5, 5.41) is 5.26. The summed E-state index contributed by atoms with van der Waals surface area (Å²) in [5.41, 5.74) is 1.72. The van der Waals surface area contributed by atoms with Gasteiger partial charge in [-0.2, -0.15) is 0 Å². The van der Waals surface area contributed by atoms with Crippen LogP contribution in [0.3, 0.4) is 0 Å². The van der Waals surface area contributed by atoms with E-state index in [-0.39, 0.29) is 5.69 Å². The average molecular weight is 286 g/mol. The maximum Gasteiger partial charge on any atom is 0.350 e. The zero-order chi connectivity index (χ0) is 13.9. The van der Waals surface area contributed by atoms with Crippen molar-refractivity contribution >= 4 is 17.4 Å². The van der Waals surface area contributed by atoms with E-state index in [0.717, 1.165) is 16.3 Å². The van der Waals surface area contributed by atoms with E-state index in [1.165, 1.54) is 4.68 Å². The molecule has 3 aromatic heterocycles. The number of pyridine rings is 2. The molecule has 0 aliphatic carbocycles. The van der Waals surface area contributed by atoms with E-state index in [2.05, 4.69) is 10.1 Å². The number of aromatic nitrogens is 4. The Morgan fingerprint density at radius 3 is 2.90 bits per heavy atom. The number of hydrogen-bond acceptors (Lipinski definition) is 4. The highest BCUT2D eigenvalue weighted by molar-refractivity contribution is 7.99. The number of fused-ring (bicyclic) bond motifs is 1. The molecule has 0 bridgehead atoms. The van der Waals surface area contributed by atoms with Crippen molar-refractivity contribution in [2.24, 2.45) is 0 Å². The molecule has 0 aliphatic heterocycles. The summed E-state index contributed by atoms with van der Waals surface area (Å²) in [6.07, 6.45) is 3.58. The van der Waals surface area contributed by atoms with Crippen molar-refractivity contribution in [3.63, 3.8) is 0 Å². The van der Waals surface area contributed by atoms with E-state index < -0.39 is 0 Å². The third-order valence-electron chi connectivity index (χ3n) is 2.93. The van der Waals surface area contributed by atoms with E-state index in [1.54, 1.807) is 22.4 Å². The smallest absolute Gasteiger partial charge is 0.250 e. The van der Waals surface area contributed by atoms with Crippen LogP contribution in [0.1, 0.15) is 5.56 Å². The van der Waals surface area contributed by atoms with Gasteiger partial charge >= 0.3 is 5.69 Å². The molecule has 0 spiro atoms. The summed E-state index contributed by atoms with van der Waals surface area (Å²) in [6.45, 7) is 2.58. The lowest BCUT2D eigenvalue weighted by Gasteiger charge is -2.00. The summed E-state index contributed by atoms with van der Waals surface area (Å²) >= 11 is 1.62. The summed E-state index contributed by atoms with van der Waals surface area (Å²) in [7, 11) is 0. The zero-order valence-corrected chi connectivity index (χ0v) is 11.9. The molecule has 102 valence electrons. The normalized spacial score (nSPS) is 11.1. The second kappa shape index (κ2) is 5.50. The summed E-state index contributed by atoms with van der Waals surface area (Å²) in [4.78, 5) is 16.4. The first kappa shape index (κ1) is 12.9. The van der Waals surface area contributed by atoms with Gasteiger partial charge in [-0.05, 0) is 30.7 Å². The summed E-state index contributed by atoms with van der Waals surface area (Å²) in [6, 6.07) is 9.55. The highest BCUT2D eigenvalue weighted by atomic mass is 32.2. The lowest BCUT2D eigenvalue weighted by Crippen LogP contribution is -2.21. The minimum absolute atomic E-state index is 0.0990. The topological polar surface area (TPSA) is 52.2 Å². The second-order valence-corrected chi connectivity index (χ2v) is 5.57. The first-order chi connectivity index (χ1) is 9.74. The fourth-order valence-electron chi connectivity index (χ4n) is 1.89. The van der Waals surface area contributed by atoms with Crippen molar-refractivity contribution in [1.82, 2.24) is 19.2 Å². The molecule has 5 nitrogen and oxygen atoms in total. The quantitative estimate of drug-likeness (QED) is 0.688. The molecule has 0 amide bonds. The van der Waals surface area contributed by atoms with Crippen molar-refractivity contribution < 1.29 is 0 Å². The van der Waals surface area contributed by atoms with Crippen LogP contribution in [0.5, 0.6) is 0 Å². The predicted octanol–water partition coefficient (Wildman–Crippen LogP) is 1.99. The molecule has 0 unspecified atom stereocenters. The van der Waals surface area contributed by atoms with E-state index in [0.29, 0.717) is 12.2 Å². The molecule has 0 aliphatic rings. The Balaban J connectivity index is 1.69. The maximum absolute atomic E-state index is 12.1. The van der Waals surface area contributed by atoms with Crippen LogP contribution in [-0.2, 0) is 6.54 Å². The highest BCUT2D eigenvalue weighted by Gasteiger charge is 2.05. The first-order valence-electron chi connectivity index (χ1n) is 6.34. The van der Waals surface area contributed by atoms with Gasteiger partial charge in [-0.3, -0.25) is 4.40 Å². The van der Waals surface area contributed by atoms with Gasteiger partial charge in [-0.25, -0.2) is 14.5 Å². The molecule has 0 N–H and O–H groups in total. The molecule has 3 heterocycles. The molecule has 3 aromatic rings. The van der Waals surface area contributed by atoms with Crippen LogP contribution in [0.15, 0.2) is 52.5 Å². The molecular formula is C14H14N4OS. The highest BCUT2D eigenvalue weighted by Crippen LogP contribution is 2.14. The van der Waals surface area contributed by atoms with Crippen LogP contribution in [0, 0.1) is 6.92 Å². The summed E-state index contributed by atoms with van der Waals surface area (Å²) in [5.74, 6) is 0.764. The zero-order valence-electron chi connectivity index (χ0n) is 11.1. The molecule has 0 saturated heterocycles. The Morgan fingerprint density at radius 1 is 1.25 bits per heavy atom. The molecule has 6 heteroatoms. The van der Waals surface area contributed by atoms with Gasteiger partial charge in [0.25, 0.3) is 0 Å². The Kier molecular flexibility index (Phi) is 3.56. The second-order valence-electron chi connectivity index (χ2n) is 4.46. The lowest BCUT2D eigenvalue weighted by molar-refractivity contribution is 0.639. The monoisotopic (exact) mass is 286 g/mol. The van der Waals surface area contributed by atoms with Gasteiger partial charge in [-0.1, -0.05) is 12.1 Å². The average Bonchev–Trinajstić information content (AvgIpc) is 2.78. The molecule has 20 heavy (non-hydrogen) atoms. The van der Waals surface area contributed by atoms with Gasteiger partial charge in [-0.15, -0.1) is 16.9 Å². The number of rotatable bonds is 4. The molecule has 0 fully saturated rings. The van der Waals surface area contributed by atoms with Crippen LogP contribution < -0.4 is 5.69 Å². The number of nitrogens with zero attached hydrogens (tertiary/aromatic N) is 4. The fraction of sp³-hybridized carbons (Fsp3) is 0.214. The third-order valence-corrected chi connectivity index (χ3v) is 3.85. The maximum atomic E-state index is 12.1. The first-order valence-corrected chi connectivity index (χ1v) is 7.32. The van der Waals surface area contributed by atoms with E-state index in [9.17, 15) is 4.79 Å². The molecular weight excluding hydrogens is 272 g/mol. The molecule has 0 saturated carbocycles. The molecule has 0 atom stereocenters. The van der Waals surface area contributed by atoms with Crippen molar-refractivity contribution in [3.8, 4) is 0 Å². The van der Waals surface area contributed by atoms with Crippen molar-refractivity contribution in [2.75, 3.05) is 5.75 Å². The third kappa shape index (κ3) is 2.60. The van der Waals surface area contributed by atoms with Gasteiger partial charge in [0.15, 0.2) is 5.65 Å². The van der Waals surface area contributed by atoms with Crippen molar-refractivity contribution in [3.05, 3.63) is 58.8 Å². The molecule has 0 aromatic carbocycles. The van der Waals surface area contributed by atoms with E-state index >= 15 is 0 Å². The van der Waals surface area contributed by atoms with Gasteiger partial charge in [0.05, 0.1) is 11.6 Å². The van der Waals surface area contributed by atoms with Gasteiger partial charge in [0.1, 0.15) is 0 Å². The largest absolute Gasteiger partial charge is 0.350 e. The van der Waals surface area contributed by atoms with Gasteiger partial charge in [0, 0.05) is 18.1 Å². The van der Waals surface area contributed by atoms with Crippen LogP contribution in [0.2, 0.25) is 0 Å². The lowest BCUT2D eigenvalue weighted by atomic mass is 10.3. The number of aryl methyl sites for hydroxylation is 2. The van der Waals surface area contributed by atoms with Gasteiger partial charge < -0.3 is 0 Å². The Labute approximate surface area is 120 Å². The van der Waals surface area contributed by atoms with Crippen LogP contribution in [0.25, 0.3) is 5.65 Å². The standard InChI is InChI=1S/C14H14N4OS/c1-11-5-6-13(15-10-11)20-9-8-18-14(19)17-7-3-2-4-12(17)16-18/h2-7,10H,8-9H2,1H3. The van der Waals surface area contributed by atoms with Crippen molar-refractivity contribution in [2.45, 2.75) is 18.5 Å². The Hall–Kier alpha value is -2.08. The number of hydrogen-bond donors (Lipinski definition) is 0. The van der Waals surface area contributed by atoms with Crippen LogP contribution >= 0.6 is 11.8 Å². The Morgan fingerprint density at radius 2 is 2.15 bits per heavy atom. The van der Waals surface area contributed by atoms with E-state index in [1.807, 2.05) is 43.5 Å². The predicted molar refractivity (Wildman–Crippen MR) is 79.2 cm³/mol. The molecule has 0 radical (unpaired) electrons. The minimum Gasteiger partial charge on any atom is -0.250 e. The molecule has 3 rings (SSSR count).